The van der Waals surface area contributed by atoms with Crippen molar-refractivity contribution in [3.05, 3.63) is 33.8 Å². The molecule has 1 amide bonds. The van der Waals surface area contributed by atoms with E-state index in [0.717, 1.165) is 15.6 Å². The summed E-state index contributed by atoms with van der Waals surface area (Å²) < 4.78 is 11.3. The maximum atomic E-state index is 11.6. The molecule has 1 aromatic carbocycles. The van der Waals surface area contributed by atoms with Crippen LogP contribution in [-0.4, -0.2) is 18.8 Å². The number of hydrogen-bond donors (Lipinski definition) is 1. The van der Waals surface area contributed by atoms with E-state index in [1.165, 1.54) is 0 Å². The lowest BCUT2D eigenvalue weighted by Gasteiger charge is -2.20. The van der Waals surface area contributed by atoms with Gasteiger partial charge >= 0.3 is 6.09 Å². The summed E-state index contributed by atoms with van der Waals surface area (Å²) >= 11 is 3.42. The quantitative estimate of drug-likeness (QED) is 0.917. The molecule has 1 aromatic rings. The van der Waals surface area contributed by atoms with Crippen molar-refractivity contribution in [2.45, 2.75) is 39.5 Å². The molecule has 0 aliphatic carbocycles. The Kier molecular flexibility index (Phi) is 5.82. The molecular weight excluding hydrogens is 310 g/mol. The molecule has 0 unspecified atom stereocenters. The Morgan fingerprint density at radius 1 is 1.32 bits per heavy atom. The van der Waals surface area contributed by atoms with Gasteiger partial charge in [-0.3, -0.25) is 0 Å². The Balaban J connectivity index is 2.64. The Hall–Kier alpha value is -1.07. The average molecular weight is 330 g/mol. The molecule has 0 atom stereocenters. The Labute approximate surface area is 122 Å². The normalized spacial score (nSPS) is 11.2. The van der Waals surface area contributed by atoms with Gasteiger partial charge in [0.05, 0.1) is 6.61 Å². The predicted octanol–water partition coefficient (Wildman–Crippen LogP) is 3.62. The minimum Gasteiger partial charge on any atom is -0.444 e. The van der Waals surface area contributed by atoms with Gasteiger partial charge in [-0.05, 0) is 44.0 Å². The standard InChI is InChI=1S/C14H20BrNO3/c1-14(2,3)19-13(17)16-8-10-5-6-12(15)7-11(10)9-18-4/h5-7H,8-9H2,1-4H3,(H,16,17). The minimum absolute atomic E-state index is 0.418. The highest BCUT2D eigenvalue weighted by Gasteiger charge is 2.16. The van der Waals surface area contributed by atoms with Crippen LogP contribution in [0.4, 0.5) is 4.79 Å². The first kappa shape index (κ1) is 16.0. The molecular formula is C14H20BrNO3. The number of carbonyl (C=O) groups excluding carboxylic acids is 1. The van der Waals surface area contributed by atoms with Gasteiger partial charge in [0.25, 0.3) is 0 Å². The number of alkyl carbamates (subject to hydrolysis) is 1. The molecule has 106 valence electrons. The highest BCUT2D eigenvalue weighted by molar-refractivity contribution is 9.10. The molecule has 0 heterocycles. The van der Waals surface area contributed by atoms with Crippen LogP contribution in [0.15, 0.2) is 22.7 Å². The van der Waals surface area contributed by atoms with Gasteiger partial charge in [-0.25, -0.2) is 4.79 Å². The molecule has 5 heteroatoms. The topological polar surface area (TPSA) is 47.6 Å². The van der Waals surface area contributed by atoms with Crippen LogP contribution in [0.3, 0.4) is 0 Å². The van der Waals surface area contributed by atoms with Crippen LogP contribution >= 0.6 is 15.9 Å². The third-order valence-corrected chi connectivity index (χ3v) is 2.78. The van der Waals surface area contributed by atoms with Gasteiger partial charge in [0.15, 0.2) is 0 Å². The number of rotatable bonds is 4. The zero-order valence-corrected chi connectivity index (χ0v) is 13.3. The molecule has 0 saturated heterocycles. The largest absolute Gasteiger partial charge is 0.444 e. The lowest BCUT2D eigenvalue weighted by atomic mass is 10.1. The van der Waals surface area contributed by atoms with Crippen molar-refractivity contribution in [2.75, 3.05) is 7.11 Å². The predicted molar refractivity (Wildman–Crippen MR) is 77.9 cm³/mol. The number of amides is 1. The molecule has 1 rings (SSSR count). The fourth-order valence-electron chi connectivity index (χ4n) is 1.54. The van der Waals surface area contributed by atoms with Crippen LogP contribution in [0.5, 0.6) is 0 Å². The Bertz CT molecular complexity index is 441. The summed E-state index contributed by atoms with van der Waals surface area (Å²) in [5.74, 6) is 0. The lowest BCUT2D eigenvalue weighted by molar-refractivity contribution is 0.0523. The van der Waals surface area contributed by atoms with Crippen molar-refractivity contribution in [1.29, 1.82) is 0 Å². The van der Waals surface area contributed by atoms with E-state index in [1.807, 2.05) is 39.0 Å². The monoisotopic (exact) mass is 329 g/mol. The molecule has 0 bridgehead atoms. The fraction of sp³-hybridized carbons (Fsp3) is 0.500. The summed E-state index contributed by atoms with van der Waals surface area (Å²) in [5, 5.41) is 2.74. The maximum Gasteiger partial charge on any atom is 0.407 e. The highest BCUT2D eigenvalue weighted by Crippen LogP contribution is 2.17. The third-order valence-electron chi connectivity index (χ3n) is 2.29. The smallest absolute Gasteiger partial charge is 0.407 e. The van der Waals surface area contributed by atoms with E-state index in [2.05, 4.69) is 21.2 Å². The molecule has 1 N–H and O–H groups in total. The summed E-state index contributed by atoms with van der Waals surface area (Å²) in [7, 11) is 1.64. The highest BCUT2D eigenvalue weighted by atomic mass is 79.9. The first-order chi connectivity index (χ1) is 8.81. The average Bonchev–Trinajstić information content (AvgIpc) is 2.26. The summed E-state index contributed by atoms with van der Waals surface area (Å²) in [5.41, 5.74) is 1.56. The van der Waals surface area contributed by atoms with Crippen LogP contribution in [0, 0.1) is 0 Å². The molecule has 0 radical (unpaired) electrons. The van der Waals surface area contributed by atoms with Crippen molar-refractivity contribution >= 4 is 22.0 Å². The van der Waals surface area contributed by atoms with Crippen LogP contribution < -0.4 is 5.32 Å². The zero-order chi connectivity index (χ0) is 14.5. The summed E-state index contributed by atoms with van der Waals surface area (Å²) in [6, 6.07) is 5.87. The van der Waals surface area contributed by atoms with E-state index in [4.69, 9.17) is 9.47 Å². The number of nitrogens with one attached hydrogen (secondary N) is 1. The van der Waals surface area contributed by atoms with Gasteiger partial charge in [0, 0.05) is 18.1 Å². The van der Waals surface area contributed by atoms with E-state index in [9.17, 15) is 4.79 Å². The summed E-state index contributed by atoms with van der Waals surface area (Å²) in [6.45, 7) is 6.43. The van der Waals surface area contributed by atoms with Crippen molar-refractivity contribution in [1.82, 2.24) is 5.32 Å². The second-order valence-corrected chi connectivity index (χ2v) is 6.12. The van der Waals surface area contributed by atoms with E-state index < -0.39 is 11.7 Å². The van der Waals surface area contributed by atoms with E-state index in [0.29, 0.717) is 13.2 Å². The molecule has 0 spiro atoms. The SMILES string of the molecule is COCc1cc(Br)ccc1CNC(=O)OC(C)(C)C. The van der Waals surface area contributed by atoms with Crippen LogP contribution in [0.1, 0.15) is 31.9 Å². The van der Waals surface area contributed by atoms with Crippen molar-refractivity contribution in [3.8, 4) is 0 Å². The van der Waals surface area contributed by atoms with Crippen molar-refractivity contribution in [3.63, 3.8) is 0 Å². The van der Waals surface area contributed by atoms with Crippen molar-refractivity contribution in [2.24, 2.45) is 0 Å². The third kappa shape index (κ3) is 6.07. The fourth-order valence-corrected chi connectivity index (χ4v) is 1.95. The summed E-state index contributed by atoms with van der Waals surface area (Å²) in [6.07, 6.45) is -0.418. The molecule has 4 nitrogen and oxygen atoms in total. The number of ether oxygens (including phenoxy) is 2. The second-order valence-electron chi connectivity index (χ2n) is 5.20. The first-order valence-electron chi connectivity index (χ1n) is 6.05. The molecule has 19 heavy (non-hydrogen) atoms. The zero-order valence-electron chi connectivity index (χ0n) is 11.7. The second kappa shape index (κ2) is 6.91. The molecule has 0 saturated carbocycles. The summed E-state index contributed by atoms with van der Waals surface area (Å²) in [4.78, 5) is 11.6. The van der Waals surface area contributed by atoms with Gasteiger partial charge in [-0.1, -0.05) is 22.0 Å². The first-order valence-corrected chi connectivity index (χ1v) is 6.84. The minimum atomic E-state index is -0.487. The van der Waals surface area contributed by atoms with Gasteiger partial charge in [-0.15, -0.1) is 0 Å². The van der Waals surface area contributed by atoms with E-state index in [1.54, 1.807) is 7.11 Å². The molecule has 0 fully saturated rings. The Morgan fingerprint density at radius 3 is 2.58 bits per heavy atom. The lowest BCUT2D eigenvalue weighted by Crippen LogP contribution is -2.32. The van der Waals surface area contributed by atoms with E-state index >= 15 is 0 Å². The van der Waals surface area contributed by atoms with Gasteiger partial charge in [0.1, 0.15) is 5.60 Å². The number of benzene rings is 1. The van der Waals surface area contributed by atoms with E-state index in [-0.39, 0.29) is 0 Å². The number of carbonyl (C=O) groups is 1. The molecule has 0 aliphatic heterocycles. The van der Waals surface area contributed by atoms with Crippen molar-refractivity contribution < 1.29 is 14.3 Å². The Morgan fingerprint density at radius 2 is 2.00 bits per heavy atom. The van der Waals surface area contributed by atoms with Gasteiger partial charge in [-0.2, -0.15) is 0 Å². The molecule has 0 aliphatic rings. The van der Waals surface area contributed by atoms with Gasteiger partial charge in [0.2, 0.25) is 0 Å². The van der Waals surface area contributed by atoms with Crippen LogP contribution in [0.2, 0.25) is 0 Å². The number of hydrogen-bond acceptors (Lipinski definition) is 3. The van der Waals surface area contributed by atoms with Crippen LogP contribution in [-0.2, 0) is 22.6 Å². The number of methoxy groups -OCH3 is 1. The van der Waals surface area contributed by atoms with Gasteiger partial charge < -0.3 is 14.8 Å². The van der Waals surface area contributed by atoms with Crippen LogP contribution in [0.25, 0.3) is 0 Å². The number of halogens is 1. The molecule has 0 aromatic heterocycles. The maximum absolute atomic E-state index is 11.6.